The van der Waals surface area contributed by atoms with Gasteiger partial charge in [0.2, 0.25) is 0 Å². The van der Waals surface area contributed by atoms with Gasteiger partial charge < -0.3 is 0 Å². The molecule has 0 saturated carbocycles. The van der Waals surface area contributed by atoms with Gasteiger partial charge >= 0.3 is 0 Å². The molecule has 0 unspecified atom stereocenters. The summed E-state index contributed by atoms with van der Waals surface area (Å²) < 4.78 is 0. The summed E-state index contributed by atoms with van der Waals surface area (Å²) in [5, 5.41) is 0. The van der Waals surface area contributed by atoms with Crippen LogP contribution in [0.1, 0.15) is 37.9 Å². The van der Waals surface area contributed by atoms with Crippen LogP contribution in [0.5, 0.6) is 0 Å². The summed E-state index contributed by atoms with van der Waals surface area (Å²) in [6, 6.07) is 4.29. The molecule has 0 atom stereocenters. The lowest BCUT2D eigenvalue weighted by molar-refractivity contribution is 0.490. The molecule has 0 bridgehead atoms. The number of pyridine rings is 1. The molecule has 13 heavy (non-hydrogen) atoms. The highest BCUT2D eigenvalue weighted by molar-refractivity contribution is 5.13. The Morgan fingerprint density at radius 3 is 2.38 bits per heavy atom. The quantitative estimate of drug-likeness (QED) is 0.687. The molecule has 1 nitrogen and oxygen atoms in total. The second-order valence-corrected chi connectivity index (χ2v) is 3.69. The average Bonchev–Trinajstić information content (AvgIpc) is 2.17. The monoisotopic (exact) mass is 177 g/mol. The minimum atomic E-state index is 0.824. The first-order valence-electron chi connectivity index (χ1n) is 5.17. The van der Waals surface area contributed by atoms with E-state index in [9.17, 15) is 0 Å². The number of rotatable bonds is 4. The number of hydrogen-bond donors (Lipinski definition) is 0. The van der Waals surface area contributed by atoms with Crippen molar-refractivity contribution in [3.63, 3.8) is 0 Å². The van der Waals surface area contributed by atoms with Crippen molar-refractivity contribution in [2.45, 2.75) is 40.0 Å². The molecule has 1 heteroatoms. The first kappa shape index (κ1) is 10.2. The lowest BCUT2D eigenvalue weighted by Crippen LogP contribution is -2.01. The average molecular weight is 177 g/mol. The normalized spacial score (nSPS) is 10.8. The summed E-state index contributed by atoms with van der Waals surface area (Å²) in [5.41, 5.74) is 2.48. The van der Waals surface area contributed by atoms with Crippen LogP contribution in [0.2, 0.25) is 0 Å². The lowest BCUT2D eigenvalue weighted by atomic mass is 9.95. The van der Waals surface area contributed by atoms with E-state index in [1.54, 1.807) is 0 Å². The summed E-state index contributed by atoms with van der Waals surface area (Å²) in [4.78, 5) is 4.30. The number of aryl methyl sites for hydroxylation is 1. The first-order chi connectivity index (χ1) is 6.26. The molecule has 0 fully saturated rings. The van der Waals surface area contributed by atoms with Crippen LogP contribution in [0.3, 0.4) is 0 Å². The standard InChI is InChI=1S/C12H19N/c1-4-11(5-2)8-12-7-6-10(3)13-9-12/h6-7,9,11H,4-5,8H2,1-3H3. The fourth-order valence-electron chi connectivity index (χ4n) is 1.53. The Bertz CT molecular complexity index is 234. The van der Waals surface area contributed by atoms with Crippen LogP contribution < -0.4 is 0 Å². The molecule has 1 heterocycles. The zero-order chi connectivity index (χ0) is 9.68. The molecule has 0 aliphatic heterocycles. The fourth-order valence-corrected chi connectivity index (χ4v) is 1.53. The van der Waals surface area contributed by atoms with E-state index in [1.165, 1.54) is 24.8 Å². The van der Waals surface area contributed by atoms with Crippen LogP contribution in [-0.2, 0) is 6.42 Å². The molecule has 1 rings (SSSR count). The number of aromatic nitrogens is 1. The summed E-state index contributed by atoms with van der Waals surface area (Å²) in [5.74, 6) is 0.824. The summed E-state index contributed by atoms with van der Waals surface area (Å²) in [6.07, 6.45) is 5.72. The number of hydrogen-bond acceptors (Lipinski definition) is 1. The van der Waals surface area contributed by atoms with Crippen molar-refractivity contribution in [1.29, 1.82) is 0 Å². The van der Waals surface area contributed by atoms with Crippen molar-refractivity contribution in [2.24, 2.45) is 5.92 Å². The Hall–Kier alpha value is -0.850. The van der Waals surface area contributed by atoms with Gasteiger partial charge in [-0.1, -0.05) is 32.8 Å². The van der Waals surface area contributed by atoms with Crippen LogP contribution >= 0.6 is 0 Å². The molecular formula is C12H19N. The number of nitrogens with zero attached hydrogens (tertiary/aromatic N) is 1. The second kappa shape index (κ2) is 5.00. The second-order valence-electron chi connectivity index (χ2n) is 3.69. The zero-order valence-corrected chi connectivity index (χ0v) is 8.88. The van der Waals surface area contributed by atoms with E-state index in [0.717, 1.165) is 11.6 Å². The minimum absolute atomic E-state index is 0.824. The van der Waals surface area contributed by atoms with E-state index in [-0.39, 0.29) is 0 Å². The third-order valence-electron chi connectivity index (χ3n) is 2.65. The predicted molar refractivity (Wildman–Crippen MR) is 56.8 cm³/mol. The van der Waals surface area contributed by atoms with Crippen molar-refractivity contribution in [2.75, 3.05) is 0 Å². The molecule has 0 saturated heterocycles. The van der Waals surface area contributed by atoms with E-state index in [4.69, 9.17) is 0 Å². The Labute approximate surface area is 81.2 Å². The molecule has 0 radical (unpaired) electrons. The predicted octanol–water partition coefficient (Wildman–Crippen LogP) is 3.37. The van der Waals surface area contributed by atoms with Gasteiger partial charge in [0.15, 0.2) is 0 Å². The van der Waals surface area contributed by atoms with Crippen LogP contribution in [0.15, 0.2) is 18.3 Å². The highest BCUT2D eigenvalue weighted by Crippen LogP contribution is 2.14. The van der Waals surface area contributed by atoms with Crippen molar-refractivity contribution in [3.05, 3.63) is 29.6 Å². The molecule has 72 valence electrons. The topological polar surface area (TPSA) is 12.9 Å². The van der Waals surface area contributed by atoms with Crippen molar-refractivity contribution in [1.82, 2.24) is 4.98 Å². The van der Waals surface area contributed by atoms with Gasteiger partial charge in [-0.15, -0.1) is 0 Å². The molecule has 0 aromatic carbocycles. The van der Waals surface area contributed by atoms with E-state index in [1.807, 2.05) is 13.1 Å². The first-order valence-corrected chi connectivity index (χ1v) is 5.17. The van der Waals surface area contributed by atoms with Crippen molar-refractivity contribution >= 4 is 0 Å². The Kier molecular flexibility index (Phi) is 3.94. The third-order valence-corrected chi connectivity index (χ3v) is 2.65. The van der Waals surface area contributed by atoms with Crippen LogP contribution in [-0.4, -0.2) is 4.98 Å². The van der Waals surface area contributed by atoms with Crippen molar-refractivity contribution < 1.29 is 0 Å². The fraction of sp³-hybridized carbons (Fsp3) is 0.583. The summed E-state index contributed by atoms with van der Waals surface area (Å²) in [7, 11) is 0. The van der Waals surface area contributed by atoms with Crippen LogP contribution in [0, 0.1) is 12.8 Å². The van der Waals surface area contributed by atoms with Gasteiger partial charge in [0.05, 0.1) is 0 Å². The molecule has 0 aliphatic carbocycles. The zero-order valence-electron chi connectivity index (χ0n) is 8.88. The Balaban J connectivity index is 2.58. The van der Waals surface area contributed by atoms with Crippen LogP contribution in [0.4, 0.5) is 0 Å². The summed E-state index contributed by atoms with van der Waals surface area (Å²) in [6.45, 7) is 6.55. The maximum absolute atomic E-state index is 4.30. The largest absolute Gasteiger partial charge is 0.261 e. The van der Waals surface area contributed by atoms with Gasteiger partial charge in [0, 0.05) is 11.9 Å². The van der Waals surface area contributed by atoms with E-state index in [2.05, 4.69) is 31.0 Å². The smallest absolute Gasteiger partial charge is 0.0372 e. The summed E-state index contributed by atoms with van der Waals surface area (Å²) >= 11 is 0. The highest BCUT2D eigenvalue weighted by atomic mass is 14.7. The van der Waals surface area contributed by atoms with Crippen LogP contribution in [0.25, 0.3) is 0 Å². The highest BCUT2D eigenvalue weighted by Gasteiger charge is 2.04. The van der Waals surface area contributed by atoms with E-state index in [0.29, 0.717) is 0 Å². The van der Waals surface area contributed by atoms with Gasteiger partial charge in [-0.2, -0.15) is 0 Å². The molecule has 0 spiro atoms. The molecule has 1 aromatic heterocycles. The molecule has 0 amide bonds. The van der Waals surface area contributed by atoms with Gasteiger partial charge in [-0.25, -0.2) is 0 Å². The van der Waals surface area contributed by atoms with Gasteiger partial charge in [-0.05, 0) is 30.9 Å². The van der Waals surface area contributed by atoms with E-state index >= 15 is 0 Å². The van der Waals surface area contributed by atoms with E-state index < -0.39 is 0 Å². The Morgan fingerprint density at radius 2 is 1.92 bits per heavy atom. The SMILES string of the molecule is CCC(CC)Cc1ccc(C)nc1. The van der Waals surface area contributed by atoms with Gasteiger partial charge in [0.1, 0.15) is 0 Å². The maximum Gasteiger partial charge on any atom is 0.0372 e. The minimum Gasteiger partial charge on any atom is -0.261 e. The lowest BCUT2D eigenvalue weighted by Gasteiger charge is -2.11. The van der Waals surface area contributed by atoms with Crippen molar-refractivity contribution in [3.8, 4) is 0 Å². The molecular weight excluding hydrogens is 158 g/mol. The molecule has 0 aliphatic rings. The van der Waals surface area contributed by atoms with Gasteiger partial charge in [-0.3, -0.25) is 4.98 Å². The van der Waals surface area contributed by atoms with Gasteiger partial charge in [0.25, 0.3) is 0 Å². The molecule has 0 N–H and O–H groups in total. The third kappa shape index (κ3) is 3.17. The molecule has 1 aromatic rings. The maximum atomic E-state index is 4.30. The Morgan fingerprint density at radius 1 is 1.23 bits per heavy atom.